The Kier molecular flexibility index (Phi) is 4.94. The Morgan fingerprint density at radius 3 is 2.93 bits per heavy atom. The normalized spacial score (nSPS) is 12.5. The first-order valence-electron chi connectivity index (χ1n) is 8.61. The fourth-order valence-corrected chi connectivity index (χ4v) is 3.39. The van der Waals surface area contributed by atoms with Crippen molar-refractivity contribution in [2.75, 3.05) is 11.9 Å². The molecule has 0 bridgehead atoms. The number of carbonyl (C=O) groups is 2. The summed E-state index contributed by atoms with van der Waals surface area (Å²) in [6.07, 6.45) is 1.82. The van der Waals surface area contributed by atoms with Crippen molar-refractivity contribution in [1.29, 1.82) is 0 Å². The van der Waals surface area contributed by atoms with Gasteiger partial charge in [0.2, 0.25) is 5.91 Å². The number of nitrogens with one attached hydrogen (secondary N) is 2. The minimum absolute atomic E-state index is 0.125. The van der Waals surface area contributed by atoms with Gasteiger partial charge in [-0.25, -0.2) is 4.98 Å². The van der Waals surface area contributed by atoms with Crippen molar-refractivity contribution in [2.45, 2.75) is 13.5 Å². The highest BCUT2D eigenvalue weighted by atomic mass is 32.1. The summed E-state index contributed by atoms with van der Waals surface area (Å²) < 4.78 is 11.3. The average Bonchev–Trinajstić information content (AvgIpc) is 3.35. The van der Waals surface area contributed by atoms with E-state index >= 15 is 0 Å². The minimum atomic E-state index is -0.249. The number of benzene rings is 1. The molecule has 0 saturated carbocycles. The summed E-state index contributed by atoms with van der Waals surface area (Å²) >= 11 is 1.31. The molecule has 0 unspecified atom stereocenters. The van der Waals surface area contributed by atoms with Crippen molar-refractivity contribution in [3.8, 4) is 17.2 Å². The zero-order chi connectivity index (χ0) is 19.5. The second kappa shape index (κ2) is 7.69. The van der Waals surface area contributed by atoms with Crippen LogP contribution in [0.15, 0.2) is 51.8 Å². The van der Waals surface area contributed by atoms with Gasteiger partial charge in [-0.1, -0.05) is 18.2 Å². The lowest BCUT2D eigenvalue weighted by molar-refractivity contribution is -0.119. The molecule has 8 heteroatoms. The number of para-hydroxylation sites is 1. The van der Waals surface area contributed by atoms with Crippen molar-refractivity contribution >= 4 is 34.4 Å². The third-order valence-electron chi connectivity index (χ3n) is 4.07. The van der Waals surface area contributed by atoms with Crippen LogP contribution in [-0.4, -0.2) is 23.4 Å². The van der Waals surface area contributed by atoms with E-state index in [1.165, 1.54) is 18.3 Å². The van der Waals surface area contributed by atoms with E-state index in [0.29, 0.717) is 34.5 Å². The topological polar surface area (TPSA) is 93.5 Å². The van der Waals surface area contributed by atoms with Crippen LogP contribution >= 0.6 is 11.3 Å². The number of hydrogen-bond acceptors (Lipinski definition) is 6. The lowest BCUT2D eigenvalue weighted by Gasteiger charge is -2.16. The highest BCUT2D eigenvalue weighted by molar-refractivity contribution is 7.14. The standard InChI is InChI=1S/C20H17N3O4S/c1-12(24)21-9-15-6-7-18(27-15)16-11-28-20(22-16)23-19(25)14-8-13-4-2-3-5-17(13)26-10-14/h2-8,11H,9-10H2,1H3,(H,21,24)(H,22,23,25). The van der Waals surface area contributed by atoms with Crippen LogP contribution in [0.2, 0.25) is 0 Å². The summed E-state index contributed by atoms with van der Waals surface area (Å²) in [7, 11) is 0. The summed E-state index contributed by atoms with van der Waals surface area (Å²) in [6.45, 7) is 1.98. The van der Waals surface area contributed by atoms with Gasteiger partial charge in [-0.05, 0) is 24.3 Å². The molecule has 2 N–H and O–H groups in total. The summed E-state index contributed by atoms with van der Waals surface area (Å²) in [4.78, 5) is 27.9. The lowest BCUT2D eigenvalue weighted by Crippen LogP contribution is -2.21. The molecule has 0 saturated heterocycles. The van der Waals surface area contributed by atoms with E-state index in [4.69, 9.17) is 9.15 Å². The van der Waals surface area contributed by atoms with Gasteiger partial charge in [0, 0.05) is 17.9 Å². The first-order valence-corrected chi connectivity index (χ1v) is 9.49. The number of ether oxygens (including phenoxy) is 1. The molecule has 4 rings (SSSR count). The molecular weight excluding hydrogens is 378 g/mol. The molecule has 142 valence electrons. The molecule has 1 aromatic carbocycles. The van der Waals surface area contributed by atoms with Gasteiger partial charge in [-0.15, -0.1) is 11.3 Å². The molecule has 0 aliphatic carbocycles. The maximum absolute atomic E-state index is 12.5. The molecule has 3 heterocycles. The fraction of sp³-hybridized carbons (Fsp3) is 0.150. The number of thiazole rings is 1. The highest BCUT2D eigenvalue weighted by Crippen LogP contribution is 2.29. The van der Waals surface area contributed by atoms with Crippen LogP contribution in [0.3, 0.4) is 0 Å². The average molecular weight is 395 g/mol. The van der Waals surface area contributed by atoms with Gasteiger partial charge in [0.25, 0.3) is 5.91 Å². The van der Waals surface area contributed by atoms with Gasteiger partial charge in [0.1, 0.15) is 23.8 Å². The lowest BCUT2D eigenvalue weighted by atomic mass is 10.1. The number of aromatic nitrogens is 1. The van der Waals surface area contributed by atoms with E-state index in [2.05, 4.69) is 15.6 Å². The third kappa shape index (κ3) is 3.96. The quantitative estimate of drug-likeness (QED) is 0.690. The largest absolute Gasteiger partial charge is 0.488 e. The maximum Gasteiger partial charge on any atom is 0.256 e. The smallest absolute Gasteiger partial charge is 0.256 e. The Bertz CT molecular complexity index is 1070. The second-order valence-corrected chi connectivity index (χ2v) is 7.02. The van der Waals surface area contributed by atoms with E-state index < -0.39 is 0 Å². The van der Waals surface area contributed by atoms with Gasteiger partial charge in [0.15, 0.2) is 10.9 Å². The molecule has 0 atom stereocenters. The Labute approximate surface area is 165 Å². The van der Waals surface area contributed by atoms with Crippen molar-refractivity contribution in [1.82, 2.24) is 10.3 Å². The molecule has 7 nitrogen and oxygen atoms in total. The Morgan fingerprint density at radius 1 is 1.21 bits per heavy atom. The monoisotopic (exact) mass is 395 g/mol. The van der Waals surface area contributed by atoms with Crippen LogP contribution in [0.4, 0.5) is 5.13 Å². The summed E-state index contributed by atoms with van der Waals surface area (Å²) in [5.41, 5.74) is 2.03. The number of hydrogen-bond donors (Lipinski definition) is 2. The van der Waals surface area contributed by atoms with E-state index in [1.54, 1.807) is 17.5 Å². The van der Waals surface area contributed by atoms with Crippen LogP contribution < -0.4 is 15.4 Å². The predicted octanol–water partition coefficient (Wildman–Crippen LogP) is 3.45. The minimum Gasteiger partial charge on any atom is -0.488 e. The van der Waals surface area contributed by atoms with Crippen molar-refractivity contribution in [2.24, 2.45) is 0 Å². The van der Waals surface area contributed by atoms with Crippen LogP contribution in [0.1, 0.15) is 18.2 Å². The van der Waals surface area contributed by atoms with E-state index in [1.807, 2.05) is 30.3 Å². The Hall–Kier alpha value is -3.39. The SMILES string of the molecule is CC(=O)NCc1ccc(-c2csc(NC(=O)C3=Cc4ccccc4OC3)n2)o1. The van der Waals surface area contributed by atoms with Crippen molar-refractivity contribution < 1.29 is 18.7 Å². The van der Waals surface area contributed by atoms with E-state index in [0.717, 1.165) is 11.3 Å². The van der Waals surface area contributed by atoms with Crippen molar-refractivity contribution in [3.63, 3.8) is 0 Å². The number of anilines is 1. The molecule has 28 heavy (non-hydrogen) atoms. The molecule has 1 aliphatic rings. The number of furan rings is 1. The van der Waals surface area contributed by atoms with Crippen LogP contribution in [-0.2, 0) is 16.1 Å². The molecule has 2 aromatic heterocycles. The molecule has 0 spiro atoms. The fourth-order valence-electron chi connectivity index (χ4n) is 2.69. The molecule has 3 aromatic rings. The highest BCUT2D eigenvalue weighted by Gasteiger charge is 2.18. The van der Waals surface area contributed by atoms with Gasteiger partial charge in [0.05, 0.1) is 12.1 Å². The number of rotatable bonds is 5. The van der Waals surface area contributed by atoms with Crippen LogP contribution in [0, 0.1) is 0 Å². The van der Waals surface area contributed by atoms with Crippen molar-refractivity contribution in [3.05, 3.63) is 58.7 Å². The number of carbonyl (C=O) groups excluding carboxylic acids is 2. The van der Waals surface area contributed by atoms with E-state index in [-0.39, 0.29) is 18.4 Å². The first-order chi connectivity index (χ1) is 13.6. The zero-order valence-corrected chi connectivity index (χ0v) is 15.8. The van der Waals surface area contributed by atoms with Gasteiger partial charge < -0.3 is 14.5 Å². The Morgan fingerprint density at radius 2 is 2.07 bits per heavy atom. The summed E-state index contributed by atoms with van der Waals surface area (Å²) in [6, 6.07) is 11.1. The van der Waals surface area contributed by atoms with Gasteiger partial charge in [-0.3, -0.25) is 14.9 Å². The predicted molar refractivity (Wildman–Crippen MR) is 106 cm³/mol. The number of amides is 2. The van der Waals surface area contributed by atoms with Crippen LogP contribution in [0.25, 0.3) is 17.5 Å². The molecular formula is C20H17N3O4S. The maximum atomic E-state index is 12.5. The van der Waals surface area contributed by atoms with Crippen LogP contribution in [0.5, 0.6) is 5.75 Å². The zero-order valence-electron chi connectivity index (χ0n) is 15.0. The number of fused-ring (bicyclic) bond motifs is 1. The molecule has 0 fully saturated rings. The second-order valence-electron chi connectivity index (χ2n) is 6.16. The van der Waals surface area contributed by atoms with Gasteiger partial charge >= 0.3 is 0 Å². The molecule has 0 radical (unpaired) electrons. The molecule has 2 amide bonds. The summed E-state index contributed by atoms with van der Waals surface area (Å²) in [5.74, 6) is 1.60. The van der Waals surface area contributed by atoms with Gasteiger partial charge in [-0.2, -0.15) is 0 Å². The number of nitrogens with zero attached hydrogens (tertiary/aromatic N) is 1. The third-order valence-corrected chi connectivity index (χ3v) is 4.83. The Balaban J connectivity index is 1.43. The summed E-state index contributed by atoms with van der Waals surface area (Å²) in [5, 5.41) is 7.75. The molecule has 1 aliphatic heterocycles. The van der Waals surface area contributed by atoms with E-state index in [9.17, 15) is 9.59 Å². The first kappa shape index (κ1) is 18.0.